The number of benzene rings is 2. The summed E-state index contributed by atoms with van der Waals surface area (Å²) in [6.07, 6.45) is 6.25. The summed E-state index contributed by atoms with van der Waals surface area (Å²) < 4.78 is 5.16. The van der Waals surface area contributed by atoms with Crippen LogP contribution in [-0.4, -0.2) is 23.9 Å². The number of methoxy groups -OCH3 is 1. The third-order valence-corrected chi connectivity index (χ3v) is 3.85. The van der Waals surface area contributed by atoms with E-state index in [9.17, 15) is 9.59 Å². The van der Waals surface area contributed by atoms with Gasteiger partial charge in [-0.2, -0.15) is 0 Å². The summed E-state index contributed by atoms with van der Waals surface area (Å²) in [7, 11) is 1.59. The van der Waals surface area contributed by atoms with Gasteiger partial charge < -0.3 is 15.4 Å². The van der Waals surface area contributed by atoms with Crippen LogP contribution in [0.3, 0.4) is 0 Å². The predicted octanol–water partition coefficient (Wildman–Crippen LogP) is 3.99. The van der Waals surface area contributed by atoms with Gasteiger partial charge >= 0.3 is 0 Å². The molecule has 2 amide bonds. The SMILES string of the molecule is COc1cccc(/C=C/C(=O)Nc2cccc(NC(=O)c3ccncc3)c2)c1. The zero-order valence-electron chi connectivity index (χ0n) is 15.3. The van der Waals surface area contributed by atoms with Crippen molar-refractivity contribution in [3.05, 3.63) is 90.3 Å². The number of anilines is 2. The Labute approximate surface area is 162 Å². The van der Waals surface area contributed by atoms with Gasteiger partial charge in [-0.25, -0.2) is 0 Å². The second kappa shape index (κ2) is 9.14. The number of nitrogens with one attached hydrogen (secondary N) is 2. The number of hydrogen-bond donors (Lipinski definition) is 2. The Morgan fingerprint density at radius 1 is 0.929 bits per heavy atom. The number of carbonyl (C=O) groups is 2. The molecule has 0 bridgehead atoms. The first-order valence-corrected chi connectivity index (χ1v) is 8.58. The van der Waals surface area contributed by atoms with Gasteiger partial charge in [-0.05, 0) is 54.1 Å². The smallest absolute Gasteiger partial charge is 0.255 e. The molecular weight excluding hydrogens is 354 g/mol. The molecule has 0 saturated carbocycles. The molecule has 0 aliphatic carbocycles. The summed E-state index contributed by atoms with van der Waals surface area (Å²) in [6.45, 7) is 0. The fourth-order valence-corrected chi connectivity index (χ4v) is 2.48. The molecule has 1 heterocycles. The Bertz CT molecular complexity index is 1000. The fourth-order valence-electron chi connectivity index (χ4n) is 2.48. The van der Waals surface area contributed by atoms with Crippen LogP contribution in [0.4, 0.5) is 11.4 Å². The maximum atomic E-state index is 12.2. The summed E-state index contributed by atoms with van der Waals surface area (Å²) in [5.41, 5.74) is 2.52. The van der Waals surface area contributed by atoms with E-state index < -0.39 is 0 Å². The third kappa shape index (κ3) is 5.28. The van der Waals surface area contributed by atoms with Crippen LogP contribution in [0, 0.1) is 0 Å². The quantitative estimate of drug-likeness (QED) is 0.640. The molecule has 0 spiro atoms. The molecule has 0 aliphatic heterocycles. The standard InChI is InChI=1S/C22H19N3O3/c1-28-20-7-2-4-16(14-20)8-9-21(26)24-18-5-3-6-19(15-18)25-22(27)17-10-12-23-13-11-17/h2-15H,1H3,(H,24,26)(H,25,27)/b9-8+. The first-order valence-electron chi connectivity index (χ1n) is 8.58. The van der Waals surface area contributed by atoms with E-state index in [2.05, 4.69) is 15.6 Å². The number of carbonyl (C=O) groups excluding carboxylic acids is 2. The lowest BCUT2D eigenvalue weighted by atomic mass is 10.2. The Kier molecular flexibility index (Phi) is 6.15. The van der Waals surface area contributed by atoms with Crippen LogP contribution in [0.5, 0.6) is 5.75 Å². The zero-order chi connectivity index (χ0) is 19.8. The van der Waals surface area contributed by atoms with Crippen LogP contribution in [-0.2, 0) is 4.79 Å². The second-order valence-corrected chi connectivity index (χ2v) is 5.87. The lowest BCUT2D eigenvalue weighted by Crippen LogP contribution is -2.12. The average molecular weight is 373 g/mol. The summed E-state index contributed by atoms with van der Waals surface area (Å²) in [5.74, 6) is 0.199. The molecule has 3 aromatic rings. The van der Waals surface area contributed by atoms with Gasteiger partial charge in [-0.15, -0.1) is 0 Å². The van der Waals surface area contributed by atoms with E-state index in [-0.39, 0.29) is 11.8 Å². The van der Waals surface area contributed by atoms with Crippen molar-refractivity contribution in [3.8, 4) is 5.75 Å². The van der Waals surface area contributed by atoms with Gasteiger partial charge in [0.25, 0.3) is 5.91 Å². The van der Waals surface area contributed by atoms with Crippen LogP contribution in [0.25, 0.3) is 6.08 Å². The van der Waals surface area contributed by atoms with Crippen molar-refractivity contribution < 1.29 is 14.3 Å². The van der Waals surface area contributed by atoms with Crippen LogP contribution in [0.15, 0.2) is 79.1 Å². The van der Waals surface area contributed by atoms with Crippen molar-refractivity contribution in [1.29, 1.82) is 0 Å². The highest BCUT2D eigenvalue weighted by atomic mass is 16.5. The molecule has 6 nitrogen and oxygen atoms in total. The minimum atomic E-state index is -0.277. The largest absolute Gasteiger partial charge is 0.497 e. The number of pyridine rings is 1. The topological polar surface area (TPSA) is 80.3 Å². The number of aromatic nitrogens is 1. The van der Waals surface area contributed by atoms with Crippen LogP contribution < -0.4 is 15.4 Å². The van der Waals surface area contributed by atoms with Gasteiger partial charge in [0, 0.05) is 35.4 Å². The van der Waals surface area contributed by atoms with E-state index in [1.165, 1.54) is 6.08 Å². The molecule has 0 atom stereocenters. The molecule has 2 N–H and O–H groups in total. The first-order chi connectivity index (χ1) is 13.6. The second-order valence-electron chi connectivity index (χ2n) is 5.87. The molecule has 0 radical (unpaired) electrons. The molecule has 1 aromatic heterocycles. The van der Waals surface area contributed by atoms with Crippen molar-refractivity contribution in [2.24, 2.45) is 0 Å². The minimum absolute atomic E-state index is 0.246. The molecule has 0 fully saturated rings. The van der Waals surface area contributed by atoms with Crippen molar-refractivity contribution in [2.75, 3.05) is 17.7 Å². The summed E-state index contributed by atoms with van der Waals surface area (Å²) in [4.78, 5) is 28.3. The van der Waals surface area contributed by atoms with Crippen LogP contribution in [0.2, 0.25) is 0 Å². The van der Waals surface area contributed by atoms with E-state index in [1.54, 1.807) is 62.0 Å². The predicted molar refractivity (Wildman–Crippen MR) is 109 cm³/mol. The van der Waals surface area contributed by atoms with E-state index in [4.69, 9.17) is 4.74 Å². The maximum Gasteiger partial charge on any atom is 0.255 e. The Hall–Kier alpha value is -3.93. The molecule has 2 aromatic carbocycles. The monoisotopic (exact) mass is 373 g/mol. The summed E-state index contributed by atoms with van der Waals surface area (Å²) in [5, 5.41) is 5.57. The Balaban J connectivity index is 1.63. The van der Waals surface area contributed by atoms with Crippen molar-refractivity contribution in [2.45, 2.75) is 0 Å². The van der Waals surface area contributed by atoms with Crippen molar-refractivity contribution >= 4 is 29.3 Å². The molecule has 0 unspecified atom stereocenters. The molecule has 6 heteroatoms. The number of amides is 2. The van der Waals surface area contributed by atoms with E-state index in [0.717, 1.165) is 11.3 Å². The third-order valence-electron chi connectivity index (χ3n) is 3.85. The van der Waals surface area contributed by atoms with Gasteiger partial charge in [0.15, 0.2) is 0 Å². The van der Waals surface area contributed by atoms with Gasteiger partial charge in [0.05, 0.1) is 7.11 Å². The highest BCUT2D eigenvalue weighted by Crippen LogP contribution is 2.17. The molecule has 0 saturated heterocycles. The van der Waals surface area contributed by atoms with Gasteiger partial charge in [0.1, 0.15) is 5.75 Å². The number of ether oxygens (including phenoxy) is 1. The minimum Gasteiger partial charge on any atom is -0.497 e. The van der Waals surface area contributed by atoms with E-state index in [0.29, 0.717) is 16.9 Å². The van der Waals surface area contributed by atoms with Crippen LogP contribution >= 0.6 is 0 Å². The Morgan fingerprint density at radius 2 is 1.64 bits per heavy atom. The van der Waals surface area contributed by atoms with Crippen molar-refractivity contribution in [3.63, 3.8) is 0 Å². The molecule has 140 valence electrons. The maximum absolute atomic E-state index is 12.2. The van der Waals surface area contributed by atoms with Gasteiger partial charge in [-0.3, -0.25) is 14.6 Å². The van der Waals surface area contributed by atoms with Gasteiger partial charge in [-0.1, -0.05) is 18.2 Å². The molecular formula is C22H19N3O3. The number of nitrogens with zero attached hydrogens (tertiary/aromatic N) is 1. The highest BCUT2D eigenvalue weighted by molar-refractivity contribution is 6.05. The van der Waals surface area contributed by atoms with E-state index >= 15 is 0 Å². The fraction of sp³-hybridized carbons (Fsp3) is 0.0455. The summed E-state index contributed by atoms with van der Waals surface area (Å²) >= 11 is 0. The van der Waals surface area contributed by atoms with E-state index in [1.807, 2.05) is 24.3 Å². The Morgan fingerprint density at radius 3 is 2.39 bits per heavy atom. The highest BCUT2D eigenvalue weighted by Gasteiger charge is 2.06. The zero-order valence-corrected chi connectivity index (χ0v) is 15.3. The lowest BCUT2D eigenvalue weighted by Gasteiger charge is -2.08. The molecule has 0 aliphatic rings. The number of rotatable bonds is 6. The molecule has 3 rings (SSSR count). The lowest BCUT2D eigenvalue weighted by molar-refractivity contribution is -0.111. The first kappa shape index (κ1) is 18.8. The molecule has 28 heavy (non-hydrogen) atoms. The van der Waals surface area contributed by atoms with Crippen molar-refractivity contribution in [1.82, 2.24) is 4.98 Å². The average Bonchev–Trinajstić information content (AvgIpc) is 2.73. The van der Waals surface area contributed by atoms with Gasteiger partial charge in [0.2, 0.25) is 5.91 Å². The van der Waals surface area contributed by atoms with Crippen LogP contribution in [0.1, 0.15) is 15.9 Å². The number of hydrogen-bond acceptors (Lipinski definition) is 4. The normalized spacial score (nSPS) is 10.5. The summed E-state index contributed by atoms with van der Waals surface area (Å²) in [6, 6.07) is 17.6.